The molecule has 0 atom stereocenters. The number of carbonyl (C=O) groups excluding carboxylic acids is 3. The molecule has 7 nitrogen and oxygen atoms in total. The van der Waals surface area contributed by atoms with Gasteiger partial charge in [0.2, 0.25) is 0 Å². The van der Waals surface area contributed by atoms with E-state index >= 15 is 0 Å². The Labute approximate surface area is 230 Å². The highest BCUT2D eigenvalue weighted by molar-refractivity contribution is 8.18. The van der Waals surface area contributed by atoms with Crippen LogP contribution in [0.4, 0.5) is 10.5 Å². The van der Waals surface area contributed by atoms with Crippen molar-refractivity contribution in [1.82, 2.24) is 9.80 Å². The lowest BCUT2D eigenvalue weighted by Crippen LogP contribution is -2.48. The van der Waals surface area contributed by atoms with Crippen LogP contribution in [-0.4, -0.2) is 60.1 Å². The highest BCUT2D eigenvalue weighted by Crippen LogP contribution is 2.34. The predicted molar refractivity (Wildman–Crippen MR) is 151 cm³/mol. The van der Waals surface area contributed by atoms with E-state index in [1.807, 2.05) is 35.2 Å². The van der Waals surface area contributed by atoms with Crippen LogP contribution in [0.25, 0.3) is 6.08 Å². The highest BCUT2D eigenvalue weighted by Gasteiger charge is 2.35. The third-order valence-electron chi connectivity index (χ3n) is 6.55. The zero-order valence-electron chi connectivity index (χ0n) is 20.8. The molecule has 194 valence electrons. The smallest absolute Gasteiger partial charge is 0.293 e. The largest absolute Gasteiger partial charge is 0.495 e. The van der Waals surface area contributed by atoms with E-state index in [1.54, 1.807) is 55.7 Å². The second kappa shape index (κ2) is 11.3. The van der Waals surface area contributed by atoms with Gasteiger partial charge in [0.15, 0.2) is 0 Å². The number of carbonyl (C=O) groups is 3. The lowest BCUT2D eigenvalue weighted by atomic mass is 10.1. The molecule has 0 unspecified atom stereocenters. The maximum absolute atomic E-state index is 13.1. The number of ether oxygens (including phenoxy) is 1. The van der Waals surface area contributed by atoms with Gasteiger partial charge in [-0.1, -0.05) is 48.0 Å². The number of thioether (sulfide) groups is 1. The number of anilines is 1. The molecule has 2 fully saturated rings. The van der Waals surface area contributed by atoms with Crippen LogP contribution in [0.1, 0.15) is 21.5 Å². The average Bonchev–Trinajstić information content (AvgIpc) is 3.20. The number of hydrogen-bond donors (Lipinski definition) is 0. The number of imide groups is 1. The Kier molecular flexibility index (Phi) is 7.72. The van der Waals surface area contributed by atoms with E-state index < -0.39 is 0 Å². The standard InChI is InChI=1S/C29H26ClN3O4S/c1-37-25-8-3-2-7-24(25)31-13-15-32(16-14-31)27(34)22-11-9-20(10-12-22)18-26-28(35)33(29(36)38-26)19-21-5-4-6-23(30)17-21/h2-12,17-18H,13-16,19H2,1H3. The fourth-order valence-corrected chi connectivity index (χ4v) is 5.60. The summed E-state index contributed by atoms with van der Waals surface area (Å²) in [6, 6.07) is 22.1. The molecule has 0 aromatic heterocycles. The fourth-order valence-electron chi connectivity index (χ4n) is 4.55. The first-order chi connectivity index (χ1) is 18.4. The Morgan fingerprint density at radius 1 is 0.974 bits per heavy atom. The summed E-state index contributed by atoms with van der Waals surface area (Å²) in [7, 11) is 1.66. The summed E-state index contributed by atoms with van der Waals surface area (Å²) in [5.74, 6) is 0.455. The molecular formula is C29H26ClN3O4S. The molecule has 5 rings (SSSR count). The monoisotopic (exact) mass is 547 g/mol. The van der Waals surface area contributed by atoms with Crippen molar-refractivity contribution in [3.8, 4) is 5.75 Å². The number of amides is 3. The van der Waals surface area contributed by atoms with Gasteiger partial charge in [-0.15, -0.1) is 0 Å². The van der Waals surface area contributed by atoms with Crippen molar-refractivity contribution in [3.05, 3.63) is 99.4 Å². The third kappa shape index (κ3) is 5.56. The molecular weight excluding hydrogens is 522 g/mol. The first kappa shape index (κ1) is 25.9. The molecule has 3 aromatic carbocycles. The van der Waals surface area contributed by atoms with Crippen molar-refractivity contribution in [2.45, 2.75) is 6.54 Å². The van der Waals surface area contributed by atoms with Crippen LogP contribution in [0.15, 0.2) is 77.7 Å². The number of methoxy groups -OCH3 is 1. The van der Waals surface area contributed by atoms with Crippen LogP contribution in [0.3, 0.4) is 0 Å². The molecule has 9 heteroatoms. The Morgan fingerprint density at radius 3 is 2.42 bits per heavy atom. The van der Waals surface area contributed by atoms with Crippen molar-refractivity contribution in [2.75, 3.05) is 38.2 Å². The maximum atomic E-state index is 13.1. The van der Waals surface area contributed by atoms with Crippen molar-refractivity contribution < 1.29 is 19.1 Å². The number of piperazine rings is 1. The summed E-state index contributed by atoms with van der Waals surface area (Å²) >= 11 is 6.94. The minimum absolute atomic E-state index is 0.0296. The molecule has 0 N–H and O–H groups in total. The van der Waals surface area contributed by atoms with Crippen molar-refractivity contribution >= 4 is 52.2 Å². The Hall–Kier alpha value is -3.75. The van der Waals surface area contributed by atoms with Crippen molar-refractivity contribution in [1.29, 1.82) is 0 Å². The Bertz CT molecular complexity index is 1400. The second-order valence-corrected chi connectivity index (χ2v) is 10.4. The topological polar surface area (TPSA) is 70.2 Å². The van der Waals surface area contributed by atoms with E-state index in [4.69, 9.17) is 16.3 Å². The minimum Gasteiger partial charge on any atom is -0.495 e. The van der Waals surface area contributed by atoms with Crippen LogP contribution in [-0.2, 0) is 11.3 Å². The van der Waals surface area contributed by atoms with E-state index in [0.29, 0.717) is 28.6 Å². The maximum Gasteiger partial charge on any atom is 0.293 e. The molecule has 0 saturated carbocycles. The summed E-state index contributed by atoms with van der Waals surface area (Å²) in [5, 5.41) is 0.234. The number of benzene rings is 3. The van der Waals surface area contributed by atoms with Gasteiger partial charge < -0.3 is 14.5 Å². The SMILES string of the molecule is COc1ccccc1N1CCN(C(=O)c2ccc(C=C3SC(=O)N(Cc4cccc(Cl)c4)C3=O)cc2)CC1. The van der Waals surface area contributed by atoms with Gasteiger partial charge in [-0.2, -0.15) is 0 Å². The summed E-state index contributed by atoms with van der Waals surface area (Å²) in [6.45, 7) is 2.82. The Balaban J connectivity index is 1.21. The number of rotatable bonds is 6. The van der Waals surface area contributed by atoms with Gasteiger partial charge in [0, 0.05) is 36.8 Å². The van der Waals surface area contributed by atoms with Crippen LogP contribution in [0.5, 0.6) is 5.75 Å². The van der Waals surface area contributed by atoms with E-state index in [0.717, 1.165) is 47.4 Å². The molecule has 2 saturated heterocycles. The van der Waals surface area contributed by atoms with Crippen LogP contribution in [0, 0.1) is 0 Å². The number of hydrogen-bond acceptors (Lipinski definition) is 6. The third-order valence-corrected chi connectivity index (χ3v) is 7.69. The molecule has 3 amide bonds. The van der Waals surface area contributed by atoms with E-state index in [1.165, 1.54) is 4.90 Å². The van der Waals surface area contributed by atoms with E-state index in [-0.39, 0.29) is 23.6 Å². The van der Waals surface area contributed by atoms with Gasteiger partial charge >= 0.3 is 0 Å². The zero-order chi connectivity index (χ0) is 26.6. The average molecular weight is 548 g/mol. The van der Waals surface area contributed by atoms with Gasteiger partial charge in [-0.25, -0.2) is 0 Å². The molecule has 0 aliphatic carbocycles. The summed E-state index contributed by atoms with van der Waals surface area (Å²) in [5.41, 5.74) is 3.15. The Morgan fingerprint density at radius 2 is 1.71 bits per heavy atom. The fraction of sp³-hybridized carbons (Fsp3) is 0.207. The van der Waals surface area contributed by atoms with Gasteiger partial charge in [0.25, 0.3) is 17.1 Å². The lowest BCUT2D eigenvalue weighted by Gasteiger charge is -2.36. The minimum atomic E-state index is -0.340. The van der Waals surface area contributed by atoms with Crippen LogP contribution < -0.4 is 9.64 Å². The number of halogens is 1. The normalized spacial score (nSPS) is 16.9. The second-order valence-electron chi connectivity index (χ2n) is 8.97. The summed E-state index contributed by atoms with van der Waals surface area (Å²) in [6.07, 6.45) is 1.68. The molecule has 2 aliphatic heterocycles. The van der Waals surface area contributed by atoms with Crippen molar-refractivity contribution in [2.24, 2.45) is 0 Å². The molecule has 0 bridgehead atoms. The van der Waals surface area contributed by atoms with E-state index in [2.05, 4.69) is 4.90 Å². The van der Waals surface area contributed by atoms with Gasteiger partial charge in [0.05, 0.1) is 24.2 Å². The quantitative estimate of drug-likeness (QED) is 0.377. The number of nitrogens with zero attached hydrogens (tertiary/aromatic N) is 3. The predicted octanol–water partition coefficient (Wildman–Crippen LogP) is 5.55. The lowest BCUT2D eigenvalue weighted by molar-refractivity contribution is -0.123. The molecule has 2 aliphatic rings. The molecule has 3 aromatic rings. The molecule has 2 heterocycles. The first-order valence-corrected chi connectivity index (χ1v) is 13.4. The summed E-state index contributed by atoms with van der Waals surface area (Å²) in [4.78, 5) is 44.1. The van der Waals surface area contributed by atoms with Crippen LogP contribution in [0.2, 0.25) is 5.02 Å². The van der Waals surface area contributed by atoms with Gasteiger partial charge in [-0.3, -0.25) is 19.3 Å². The highest BCUT2D eigenvalue weighted by atomic mass is 35.5. The van der Waals surface area contributed by atoms with Gasteiger partial charge in [-0.05, 0) is 65.4 Å². The van der Waals surface area contributed by atoms with Crippen molar-refractivity contribution in [3.63, 3.8) is 0 Å². The zero-order valence-corrected chi connectivity index (χ0v) is 22.4. The molecule has 0 radical (unpaired) electrons. The van der Waals surface area contributed by atoms with Gasteiger partial charge in [0.1, 0.15) is 5.75 Å². The molecule has 38 heavy (non-hydrogen) atoms. The first-order valence-electron chi connectivity index (χ1n) is 12.2. The summed E-state index contributed by atoms with van der Waals surface area (Å²) < 4.78 is 5.47. The molecule has 0 spiro atoms. The van der Waals surface area contributed by atoms with E-state index in [9.17, 15) is 14.4 Å². The van der Waals surface area contributed by atoms with Crippen LogP contribution >= 0.6 is 23.4 Å². The number of para-hydroxylation sites is 2.